The Hall–Kier alpha value is -2.14. The van der Waals surface area contributed by atoms with Crippen LogP contribution < -0.4 is 5.73 Å². The second-order valence-corrected chi connectivity index (χ2v) is 4.39. The molecule has 0 aliphatic rings. The largest absolute Gasteiger partial charge is 0.382 e. The number of Topliss-reactive ketones (excluding diaryl/α,β-unsaturated/α-hetero) is 1. The van der Waals surface area contributed by atoms with Crippen LogP contribution in [0.2, 0.25) is 0 Å². The summed E-state index contributed by atoms with van der Waals surface area (Å²) in [5.41, 5.74) is 7.14. The zero-order valence-electron chi connectivity index (χ0n) is 10.5. The van der Waals surface area contributed by atoms with Gasteiger partial charge in [-0.3, -0.25) is 4.79 Å². The highest BCUT2D eigenvalue weighted by molar-refractivity contribution is 5.97. The third kappa shape index (κ3) is 2.75. The van der Waals surface area contributed by atoms with Crippen LogP contribution in [-0.2, 0) is 0 Å². The fourth-order valence-electron chi connectivity index (χ4n) is 1.66. The lowest BCUT2D eigenvalue weighted by molar-refractivity contribution is 0.0958. The summed E-state index contributed by atoms with van der Waals surface area (Å²) in [5, 5.41) is 4.11. The maximum atomic E-state index is 11.8. The molecule has 0 amide bonds. The number of anilines is 1. The number of nitrogen functional groups attached to an aromatic ring is 1. The predicted octanol–water partition coefficient (Wildman–Crippen LogP) is 1.20. The first-order valence-electron chi connectivity index (χ1n) is 5.66. The molecule has 0 bridgehead atoms. The van der Waals surface area contributed by atoms with E-state index in [-0.39, 0.29) is 5.78 Å². The fourth-order valence-corrected chi connectivity index (χ4v) is 1.66. The van der Waals surface area contributed by atoms with Crippen molar-refractivity contribution in [3.8, 4) is 5.69 Å². The van der Waals surface area contributed by atoms with Gasteiger partial charge in [-0.2, -0.15) is 5.10 Å². The molecule has 94 valence electrons. The molecule has 0 aliphatic carbocycles. The molecule has 1 aromatic carbocycles. The molecular weight excluding hydrogens is 228 g/mol. The molecule has 5 nitrogen and oxygen atoms in total. The van der Waals surface area contributed by atoms with Crippen molar-refractivity contribution in [2.75, 3.05) is 26.4 Å². The second-order valence-electron chi connectivity index (χ2n) is 4.39. The zero-order chi connectivity index (χ0) is 13.1. The Balaban J connectivity index is 2.17. The van der Waals surface area contributed by atoms with Gasteiger partial charge >= 0.3 is 0 Å². The molecule has 1 aromatic heterocycles. The highest BCUT2D eigenvalue weighted by Crippen LogP contribution is 2.11. The highest BCUT2D eigenvalue weighted by Gasteiger charge is 2.07. The summed E-state index contributed by atoms with van der Waals surface area (Å²) in [6.45, 7) is 0.411. The molecule has 0 radical (unpaired) electrons. The molecule has 0 unspecified atom stereocenters. The van der Waals surface area contributed by atoms with Crippen LogP contribution in [0.25, 0.3) is 5.69 Å². The maximum Gasteiger partial charge on any atom is 0.176 e. The Morgan fingerprint density at radius 3 is 2.44 bits per heavy atom. The molecule has 0 atom stereocenters. The number of hydrogen-bond acceptors (Lipinski definition) is 4. The van der Waals surface area contributed by atoms with E-state index in [4.69, 9.17) is 5.73 Å². The molecule has 1 heterocycles. The summed E-state index contributed by atoms with van der Waals surface area (Å²) in [6.07, 6.45) is 1.78. The van der Waals surface area contributed by atoms with Crippen molar-refractivity contribution in [1.29, 1.82) is 0 Å². The van der Waals surface area contributed by atoms with Crippen molar-refractivity contribution >= 4 is 11.6 Å². The number of hydrogen-bond donors (Lipinski definition) is 1. The third-order valence-corrected chi connectivity index (χ3v) is 2.52. The summed E-state index contributed by atoms with van der Waals surface area (Å²) < 4.78 is 1.68. The van der Waals surface area contributed by atoms with Crippen LogP contribution in [0.5, 0.6) is 0 Å². The first kappa shape index (κ1) is 12.3. The van der Waals surface area contributed by atoms with E-state index in [0.717, 1.165) is 5.69 Å². The minimum atomic E-state index is 0.103. The number of benzene rings is 1. The van der Waals surface area contributed by atoms with E-state index in [0.29, 0.717) is 17.9 Å². The van der Waals surface area contributed by atoms with E-state index < -0.39 is 0 Å². The first-order chi connectivity index (χ1) is 8.56. The molecule has 18 heavy (non-hydrogen) atoms. The van der Waals surface area contributed by atoms with E-state index in [1.54, 1.807) is 29.1 Å². The number of nitrogens with zero attached hydrogens (tertiary/aromatic N) is 3. The lowest BCUT2D eigenvalue weighted by atomic mass is 10.1. The molecule has 0 spiro atoms. The second kappa shape index (κ2) is 5.01. The van der Waals surface area contributed by atoms with E-state index in [2.05, 4.69) is 5.10 Å². The summed E-state index contributed by atoms with van der Waals surface area (Å²) in [7, 11) is 3.75. The number of aromatic nitrogens is 2. The molecule has 2 rings (SSSR count). The van der Waals surface area contributed by atoms with Crippen molar-refractivity contribution in [2.45, 2.75) is 0 Å². The van der Waals surface area contributed by atoms with Crippen molar-refractivity contribution in [3.63, 3.8) is 0 Å². The quantitative estimate of drug-likeness (QED) is 0.821. The lowest BCUT2D eigenvalue weighted by Gasteiger charge is -2.08. The number of rotatable bonds is 4. The molecule has 0 aliphatic heterocycles. The Morgan fingerprint density at radius 1 is 1.28 bits per heavy atom. The van der Waals surface area contributed by atoms with Crippen LogP contribution in [0.15, 0.2) is 36.5 Å². The Bertz CT molecular complexity index is 542. The van der Waals surface area contributed by atoms with Gasteiger partial charge in [0.05, 0.1) is 12.2 Å². The number of likely N-dealkylation sites (N-methyl/N-ethyl adjacent to an activating group) is 1. The van der Waals surface area contributed by atoms with Gasteiger partial charge in [0.2, 0.25) is 0 Å². The van der Waals surface area contributed by atoms with Crippen molar-refractivity contribution in [3.05, 3.63) is 42.1 Å². The summed E-state index contributed by atoms with van der Waals surface area (Å²) in [6, 6.07) is 9.05. The van der Waals surface area contributed by atoms with E-state index in [9.17, 15) is 4.79 Å². The highest BCUT2D eigenvalue weighted by atomic mass is 16.1. The van der Waals surface area contributed by atoms with E-state index in [1.807, 2.05) is 31.1 Å². The van der Waals surface area contributed by atoms with Crippen molar-refractivity contribution in [1.82, 2.24) is 14.7 Å². The number of ketones is 1. The van der Waals surface area contributed by atoms with Crippen molar-refractivity contribution < 1.29 is 4.79 Å². The predicted molar refractivity (Wildman–Crippen MR) is 70.9 cm³/mol. The van der Waals surface area contributed by atoms with E-state index in [1.165, 1.54) is 0 Å². The summed E-state index contributed by atoms with van der Waals surface area (Å²) in [4.78, 5) is 13.7. The van der Waals surface area contributed by atoms with Gasteiger partial charge in [0.1, 0.15) is 5.82 Å². The van der Waals surface area contributed by atoms with Crippen LogP contribution in [-0.4, -0.2) is 41.1 Å². The van der Waals surface area contributed by atoms with E-state index >= 15 is 0 Å². The first-order valence-corrected chi connectivity index (χ1v) is 5.66. The standard InChI is InChI=1S/C13H16N4O/c1-16(2)9-12(18)10-3-5-11(6-4-10)17-8-7-13(14)15-17/h3-8H,9H2,1-2H3,(H2,14,15). The SMILES string of the molecule is CN(C)CC(=O)c1ccc(-n2ccc(N)n2)cc1. The van der Waals surface area contributed by atoms with Gasteiger partial charge in [-0.1, -0.05) is 0 Å². The van der Waals surface area contributed by atoms with Crippen LogP contribution in [0.1, 0.15) is 10.4 Å². The fraction of sp³-hybridized carbons (Fsp3) is 0.231. The molecule has 0 saturated heterocycles. The van der Waals surface area contributed by atoms with Gasteiger partial charge in [0.15, 0.2) is 5.78 Å². The van der Waals surface area contributed by atoms with Crippen LogP contribution in [0.3, 0.4) is 0 Å². The average Bonchev–Trinajstić information content (AvgIpc) is 2.75. The van der Waals surface area contributed by atoms with Gasteiger partial charge in [-0.15, -0.1) is 0 Å². The third-order valence-electron chi connectivity index (χ3n) is 2.52. The molecule has 2 N–H and O–H groups in total. The molecule has 5 heteroatoms. The van der Waals surface area contributed by atoms with Crippen LogP contribution in [0.4, 0.5) is 5.82 Å². The van der Waals surface area contributed by atoms with Gasteiger partial charge in [0, 0.05) is 17.8 Å². The minimum Gasteiger partial charge on any atom is -0.382 e. The molecule has 2 aromatic rings. The Kier molecular flexibility index (Phi) is 3.43. The summed E-state index contributed by atoms with van der Waals surface area (Å²) in [5.74, 6) is 0.578. The number of carbonyl (C=O) groups is 1. The zero-order valence-corrected chi connectivity index (χ0v) is 10.5. The lowest BCUT2D eigenvalue weighted by Crippen LogP contribution is -2.21. The van der Waals surface area contributed by atoms with Gasteiger partial charge in [0.25, 0.3) is 0 Å². The molecular formula is C13H16N4O. The molecule has 0 saturated carbocycles. The topological polar surface area (TPSA) is 64.2 Å². The van der Waals surface area contributed by atoms with Gasteiger partial charge in [-0.25, -0.2) is 4.68 Å². The minimum absolute atomic E-state index is 0.103. The van der Waals surface area contributed by atoms with Crippen LogP contribution >= 0.6 is 0 Å². The summed E-state index contributed by atoms with van der Waals surface area (Å²) >= 11 is 0. The van der Waals surface area contributed by atoms with Crippen molar-refractivity contribution in [2.24, 2.45) is 0 Å². The normalized spacial score (nSPS) is 10.8. The number of carbonyl (C=O) groups excluding carboxylic acids is 1. The van der Waals surface area contributed by atoms with Gasteiger partial charge < -0.3 is 10.6 Å². The van der Waals surface area contributed by atoms with Gasteiger partial charge in [-0.05, 0) is 38.4 Å². The Morgan fingerprint density at radius 2 is 1.94 bits per heavy atom. The Labute approximate surface area is 106 Å². The number of nitrogens with two attached hydrogens (primary N) is 1. The maximum absolute atomic E-state index is 11.8. The molecule has 0 fully saturated rings. The van der Waals surface area contributed by atoms with Crippen LogP contribution in [0, 0.1) is 0 Å². The average molecular weight is 244 g/mol. The monoisotopic (exact) mass is 244 g/mol. The smallest absolute Gasteiger partial charge is 0.176 e.